The molecule has 1 unspecified atom stereocenters. The fourth-order valence-corrected chi connectivity index (χ4v) is 2.93. The van der Waals surface area contributed by atoms with Crippen molar-refractivity contribution in [2.45, 2.75) is 25.4 Å². The van der Waals surface area contributed by atoms with E-state index in [1.807, 2.05) is 42.5 Å². The Balaban J connectivity index is 2.21. The van der Waals surface area contributed by atoms with Crippen LogP contribution in [0.5, 0.6) is 0 Å². The molecule has 0 bridgehead atoms. The highest BCUT2D eigenvalue weighted by Crippen LogP contribution is 2.30. The number of benzene rings is 2. The normalized spacial score (nSPS) is 13.9. The van der Waals surface area contributed by atoms with E-state index in [9.17, 15) is 5.11 Å². The second-order valence-electron chi connectivity index (χ2n) is 4.94. The number of aliphatic hydroxyl groups excluding tert-OH is 1. The standard InChI is InChI=1S/C17H19Cl2NO/c1-2-16(14-9-8-13(18)10-15(14)19)20-17(11-21)12-6-4-3-5-7-12/h3-10,16-17,20-21H,2,11H2,1H3/t16?,17-/m1/s1. The molecule has 0 radical (unpaired) electrons. The number of hydrogen-bond donors (Lipinski definition) is 2. The van der Waals surface area contributed by atoms with Gasteiger partial charge in [-0.1, -0.05) is 66.5 Å². The first-order valence-electron chi connectivity index (χ1n) is 7.02. The maximum atomic E-state index is 9.67. The summed E-state index contributed by atoms with van der Waals surface area (Å²) in [6.45, 7) is 2.12. The second kappa shape index (κ2) is 7.81. The minimum Gasteiger partial charge on any atom is -0.394 e. The van der Waals surface area contributed by atoms with E-state index in [0.717, 1.165) is 17.5 Å². The van der Waals surface area contributed by atoms with Crippen molar-refractivity contribution in [3.63, 3.8) is 0 Å². The Morgan fingerprint density at radius 2 is 1.76 bits per heavy atom. The van der Waals surface area contributed by atoms with E-state index in [1.165, 1.54) is 0 Å². The largest absolute Gasteiger partial charge is 0.394 e. The first kappa shape index (κ1) is 16.3. The summed E-state index contributed by atoms with van der Waals surface area (Å²) < 4.78 is 0. The van der Waals surface area contributed by atoms with Gasteiger partial charge in [0.25, 0.3) is 0 Å². The lowest BCUT2D eigenvalue weighted by molar-refractivity contribution is 0.232. The molecule has 21 heavy (non-hydrogen) atoms. The van der Waals surface area contributed by atoms with Crippen LogP contribution in [0.2, 0.25) is 10.0 Å². The molecular weight excluding hydrogens is 305 g/mol. The van der Waals surface area contributed by atoms with Gasteiger partial charge < -0.3 is 10.4 Å². The third-order valence-electron chi connectivity index (χ3n) is 3.53. The van der Waals surface area contributed by atoms with Gasteiger partial charge in [-0.25, -0.2) is 0 Å². The van der Waals surface area contributed by atoms with Gasteiger partial charge in [-0.3, -0.25) is 0 Å². The first-order valence-corrected chi connectivity index (χ1v) is 7.78. The minimum atomic E-state index is -0.122. The van der Waals surface area contributed by atoms with E-state index >= 15 is 0 Å². The summed E-state index contributed by atoms with van der Waals surface area (Å²) in [6, 6.07) is 15.4. The van der Waals surface area contributed by atoms with Gasteiger partial charge >= 0.3 is 0 Å². The molecule has 2 aromatic rings. The van der Waals surface area contributed by atoms with E-state index in [0.29, 0.717) is 10.0 Å². The fraction of sp³-hybridized carbons (Fsp3) is 0.294. The second-order valence-corrected chi connectivity index (χ2v) is 5.78. The van der Waals surface area contributed by atoms with Gasteiger partial charge in [0, 0.05) is 16.1 Å². The smallest absolute Gasteiger partial charge is 0.0626 e. The molecule has 0 heterocycles. The maximum absolute atomic E-state index is 9.67. The van der Waals surface area contributed by atoms with Crippen LogP contribution in [0.15, 0.2) is 48.5 Å². The Hall–Kier alpha value is -1.06. The highest BCUT2D eigenvalue weighted by molar-refractivity contribution is 6.35. The van der Waals surface area contributed by atoms with E-state index in [2.05, 4.69) is 12.2 Å². The van der Waals surface area contributed by atoms with Crippen LogP contribution < -0.4 is 5.32 Å². The van der Waals surface area contributed by atoms with Crippen LogP contribution in [-0.2, 0) is 0 Å². The molecule has 0 aliphatic carbocycles. The predicted octanol–water partition coefficient (Wildman–Crippen LogP) is 4.77. The van der Waals surface area contributed by atoms with Gasteiger partial charge in [0.2, 0.25) is 0 Å². The van der Waals surface area contributed by atoms with Crippen molar-refractivity contribution in [2.75, 3.05) is 6.61 Å². The molecule has 0 aliphatic heterocycles. The first-order chi connectivity index (χ1) is 10.2. The summed E-state index contributed by atoms with van der Waals surface area (Å²) in [5.74, 6) is 0. The Kier molecular flexibility index (Phi) is 6.07. The number of aliphatic hydroxyl groups is 1. The summed E-state index contributed by atoms with van der Waals surface area (Å²) in [5.41, 5.74) is 2.06. The Morgan fingerprint density at radius 3 is 2.33 bits per heavy atom. The predicted molar refractivity (Wildman–Crippen MR) is 88.9 cm³/mol. The van der Waals surface area contributed by atoms with E-state index in [4.69, 9.17) is 23.2 Å². The van der Waals surface area contributed by atoms with Crippen molar-refractivity contribution in [3.05, 3.63) is 69.7 Å². The van der Waals surface area contributed by atoms with Crippen LogP contribution in [-0.4, -0.2) is 11.7 Å². The minimum absolute atomic E-state index is 0.0335. The van der Waals surface area contributed by atoms with Gasteiger partial charge in [0.05, 0.1) is 12.6 Å². The SMILES string of the molecule is CCC(N[C@H](CO)c1ccccc1)c1ccc(Cl)cc1Cl. The molecule has 2 N–H and O–H groups in total. The molecule has 0 saturated heterocycles. The van der Waals surface area contributed by atoms with Crippen LogP contribution in [0.25, 0.3) is 0 Å². The molecular formula is C17H19Cl2NO. The van der Waals surface area contributed by atoms with Crippen molar-refractivity contribution >= 4 is 23.2 Å². The lowest BCUT2D eigenvalue weighted by atomic mass is 10.0. The van der Waals surface area contributed by atoms with Crippen LogP contribution >= 0.6 is 23.2 Å². The Labute approximate surface area is 135 Å². The average molecular weight is 324 g/mol. The van der Waals surface area contributed by atoms with Crippen molar-refractivity contribution in [1.29, 1.82) is 0 Å². The zero-order chi connectivity index (χ0) is 15.2. The van der Waals surface area contributed by atoms with E-state index in [-0.39, 0.29) is 18.7 Å². The molecule has 0 fully saturated rings. The third-order valence-corrected chi connectivity index (χ3v) is 4.10. The molecule has 0 aliphatic rings. The van der Waals surface area contributed by atoms with Gasteiger partial charge in [-0.05, 0) is 29.7 Å². The molecule has 112 valence electrons. The van der Waals surface area contributed by atoms with Crippen LogP contribution in [0.3, 0.4) is 0 Å². The molecule has 0 amide bonds. The number of nitrogens with one attached hydrogen (secondary N) is 1. The van der Waals surface area contributed by atoms with Gasteiger partial charge in [-0.2, -0.15) is 0 Å². The Morgan fingerprint density at radius 1 is 1.05 bits per heavy atom. The topological polar surface area (TPSA) is 32.3 Å². The number of hydrogen-bond acceptors (Lipinski definition) is 2. The summed E-state index contributed by atoms with van der Waals surface area (Å²) in [7, 11) is 0. The van der Waals surface area contributed by atoms with Gasteiger partial charge in [-0.15, -0.1) is 0 Å². The van der Waals surface area contributed by atoms with Crippen molar-refractivity contribution in [2.24, 2.45) is 0 Å². The highest BCUT2D eigenvalue weighted by Gasteiger charge is 2.18. The monoisotopic (exact) mass is 323 g/mol. The maximum Gasteiger partial charge on any atom is 0.0626 e. The van der Waals surface area contributed by atoms with E-state index in [1.54, 1.807) is 6.07 Å². The molecule has 2 atom stereocenters. The van der Waals surface area contributed by atoms with Crippen molar-refractivity contribution < 1.29 is 5.11 Å². The average Bonchev–Trinajstić information content (AvgIpc) is 2.50. The van der Waals surface area contributed by atoms with Gasteiger partial charge in [0.1, 0.15) is 0 Å². The van der Waals surface area contributed by atoms with E-state index < -0.39 is 0 Å². The molecule has 0 spiro atoms. The third kappa shape index (κ3) is 4.21. The number of halogens is 2. The van der Waals surface area contributed by atoms with Crippen molar-refractivity contribution in [3.8, 4) is 0 Å². The summed E-state index contributed by atoms with van der Waals surface area (Å²) in [5, 5.41) is 14.4. The van der Waals surface area contributed by atoms with Crippen LogP contribution in [0, 0.1) is 0 Å². The lowest BCUT2D eigenvalue weighted by Gasteiger charge is -2.25. The zero-order valence-corrected chi connectivity index (χ0v) is 13.4. The lowest BCUT2D eigenvalue weighted by Crippen LogP contribution is -2.28. The summed E-state index contributed by atoms with van der Waals surface area (Å²) >= 11 is 12.2. The summed E-state index contributed by atoms with van der Waals surface area (Å²) in [6.07, 6.45) is 0.866. The molecule has 0 saturated carbocycles. The van der Waals surface area contributed by atoms with Crippen LogP contribution in [0.4, 0.5) is 0 Å². The molecule has 2 rings (SSSR count). The van der Waals surface area contributed by atoms with Crippen molar-refractivity contribution in [1.82, 2.24) is 5.32 Å². The molecule has 0 aromatic heterocycles. The highest BCUT2D eigenvalue weighted by atomic mass is 35.5. The summed E-state index contributed by atoms with van der Waals surface area (Å²) in [4.78, 5) is 0. The fourth-order valence-electron chi connectivity index (χ4n) is 2.39. The molecule has 2 nitrogen and oxygen atoms in total. The Bertz CT molecular complexity index is 574. The molecule has 4 heteroatoms. The zero-order valence-electron chi connectivity index (χ0n) is 11.9. The van der Waals surface area contributed by atoms with Crippen LogP contribution in [0.1, 0.15) is 36.6 Å². The quantitative estimate of drug-likeness (QED) is 0.802. The molecule has 2 aromatic carbocycles. The number of rotatable bonds is 6. The van der Waals surface area contributed by atoms with Gasteiger partial charge in [0.15, 0.2) is 0 Å².